The van der Waals surface area contributed by atoms with Crippen molar-refractivity contribution < 1.29 is 9.09 Å². The molecule has 0 radical (unpaired) electrons. The van der Waals surface area contributed by atoms with Crippen molar-refractivity contribution in [2.75, 3.05) is 27.2 Å². The first-order valence-corrected chi connectivity index (χ1v) is 6.96. The van der Waals surface area contributed by atoms with Crippen LogP contribution in [0, 0.1) is 0 Å². The van der Waals surface area contributed by atoms with Crippen LogP contribution in [0.4, 0.5) is 0 Å². The summed E-state index contributed by atoms with van der Waals surface area (Å²) in [5, 5.41) is 3.09. The maximum atomic E-state index is 12.3. The fourth-order valence-electron chi connectivity index (χ4n) is 1.81. The van der Waals surface area contributed by atoms with Crippen LogP contribution in [0.25, 0.3) is 0 Å². The van der Waals surface area contributed by atoms with Crippen molar-refractivity contribution in [3.05, 3.63) is 0 Å². The lowest BCUT2D eigenvalue weighted by Gasteiger charge is -2.26. The highest BCUT2D eigenvalue weighted by atomic mass is 31.2. The molecule has 3 unspecified atom stereocenters. The maximum Gasteiger partial charge on any atom is 0.272 e. The molecule has 3 N–H and O–H groups in total. The van der Waals surface area contributed by atoms with Crippen molar-refractivity contribution in [2.24, 2.45) is 5.73 Å². The zero-order chi connectivity index (χ0) is 11.6. The topological polar surface area (TPSA) is 67.6 Å². The molecule has 0 aromatic rings. The van der Waals surface area contributed by atoms with Gasteiger partial charge in [-0.3, -0.25) is 4.57 Å². The SMILES string of the molecule is COP(=O)(NC1CN(C)CC1N)C(C)C. The number of hydrogen-bond acceptors (Lipinski definition) is 4. The minimum Gasteiger partial charge on any atom is -0.325 e. The van der Waals surface area contributed by atoms with E-state index in [1.165, 1.54) is 7.11 Å². The van der Waals surface area contributed by atoms with E-state index in [1.54, 1.807) is 0 Å². The molecular formula is C9H22N3O2P. The van der Waals surface area contributed by atoms with Gasteiger partial charge in [0.15, 0.2) is 0 Å². The Kier molecular flexibility index (Phi) is 4.32. The second-order valence-corrected chi connectivity index (χ2v) is 7.34. The fourth-order valence-corrected chi connectivity index (χ4v) is 3.37. The number of nitrogens with two attached hydrogens (primary N) is 1. The van der Waals surface area contributed by atoms with Crippen LogP contribution < -0.4 is 10.8 Å². The third-order valence-corrected chi connectivity index (χ3v) is 5.44. The highest BCUT2D eigenvalue weighted by Gasteiger charge is 2.35. The molecule has 0 spiro atoms. The van der Waals surface area contributed by atoms with E-state index in [9.17, 15) is 4.57 Å². The zero-order valence-electron chi connectivity index (χ0n) is 9.93. The minimum absolute atomic E-state index is 0.0252. The van der Waals surface area contributed by atoms with E-state index in [4.69, 9.17) is 10.3 Å². The second kappa shape index (κ2) is 4.93. The van der Waals surface area contributed by atoms with Crippen molar-refractivity contribution in [2.45, 2.75) is 31.6 Å². The molecule has 6 heteroatoms. The molecule has 1 rings (SSSR count). The Hall–Kier alpha value is 0.0700. The normalized spacial score (nSPS) is 32.1. The summed E-state index contributed by atoms with van der Waals surface area (Å²) in [5.41, 5.74) is 5.92. The maximum absolute atomic E-state index is 12.3. The molecule has 1 fully saturated rings. The molecule has 3 atom stereocenters. The predicted molar refractivity (Wildman–Crippen MR) is 62.1 cm³/mol. The van der Waals surface area contributed by atoms with Crippen molar-refractivity contribution >= 4 is 7.52 Å². The third kappa shape index (κ3) is 3.02. The average Bonchev–Trinajstić information content (AvgIpc) is 2.44. The molecule has 0 aliphatic carbocycles. The lowest BCUT2D eigenvalue weighted by atomic mass is 10.2. The summed E-state index contributed by atoms with van der Waals surface area (Å²) in [6.07, 6.45) is 0. The fraction of sp³-hybridized carbons (Fsp3) is 1.00. The number of nitrogens with zero attached hydrogens (tertiary/aromatic N) is 1. The summed E-state index contributed by atoms with van der Waals surface area (Å²) in [6, 6.07) is 0.0837. The van der Waals surface area contributed by atoms with Crippen LogP contribution in [-0.2, 0) is 9.09 Å². The van der Waals surface area contributed by atoms with Gasteiger partial charge in [0.25, 0.3) is 7.52 Å². The standard InChI is InChI=1S/C9H22N3O2P/c1-7(2)15(13,14-4)11-9-6-12(3)5-8(9)10/h7-9H,5-6,10H2,1-4H3,(H,11,13). The van der Waals surface area contributed by atoms with Crippen LogP contribution in [0.15, 0.2) is 0 Å². The number of nitrogens with one attached hydrogen (secondary N) is 1. The Morgan fingerprint density at radius 3 is 2.47 bits per heavy atom. The van der Waals surface area contributed by atoms with Crippen molar-refractivity contribution in [1.82, 2.24) is 9.99 Å². The first-order chi connectivity index (χ1) is 6.89. The first-order valence-electron chi connectivity index (χ1n) is 5.26. The molecule has 0 amide bonds. The second-order valence-electron chi connectivity index (χ2n) is 4.49. The lowest BCUT2D eigenvalue weighted by molar-refractivity contribution is 0.360. The van der Waals surface area contributed by atoms with Crippen molar-refractivity contribution in [1.29, 1.82) is 0 Å². The molecule has 0 aromatic heterocycles. The Labute approximate surface area is 91.8 Å². The van der Waals surface area contributed by atoms with Gasteiger partial charge in [-0.1, -0.05) is 13.8 Å². The monoisotopic (exact) mass is 235 g/mol. The summed E-state index contributed by atoms with van der Waals surface area (Å²) in [4.78, 5) is 2.13. The Balaban J connectivity index is 2.64. The molecule has 0 saturated carbocycles. The average molecular weight is 235 g/mol. The number of hydrogen-bond donors (Lipinski definition) is 2. The molecule has 0 aromatic carbocycles. The van der Waals surface area contributed by atoms with Gasteiger partial charge in [-0.05, 0) is 7.05 Å². The summed E-state index contributed by atoms with van der Waals surface area (Å²) in [7, 11) is 0.751. The highest BCUT2D eigenvalue weighted by Crippen LogP contribution is 2.47. The van der Waals surface area contributed by atoms with Crippen LogP contribution in [0.2, 0.25) is 0 Å². The van der Waals surface area contributed by atoms with E-state index < -0.39 is 7.52 Å². The largest absolute Gasteiger partial charge is 0.325 e. The van der Waals surface area contributed by atoms with Gasteiger partial charge in [0.05, 0.1) is 0 Å². The predicted octanol–water partition coefficient (Wildman–Crippen LogP) is 0.465. The van der Waals surface area contributed by atoms with Gasteiger partial charge in [-0.15, -0.1) is 0 Å². The smallest absolute Gasteiger partial charge is 0.272 e. The van der Waals surface area contributed by atoms with E-state index >= 15 is 0 Å². The molecule has 15 heavy (non-hydrogen) atoms. The van der Waals surface area contributed by atoms with Crippen LogP contribution in [0.1, 0.15) is 13.8 Å². The third-order valence-electron chi connectivity index (χ3n) is 2.84. The van der Waals surface area contributed by atoms with E-state index in [2.05, 4.69) is 9.99 Å². The molecule has 0 bridgehead atoms. The Morgan fingerprint density at radius 1 is 1.53 bits per heavy atom. The molecule has 1 aliphatic rings. The lowest BCUT2D eigenvalue weighted by Crippen LogP contribution is -2.43. The van der Waals surface area contributed by atoms with Crippen LogP contribution in [0.3, 0.4) is 0 Å². The first kappa shape index (κ1) is 13.1. The van der Waals surface area contributed by atoms with Gasteiger partial charge in [-0.2, -0.15) is 0 Å². The van der Waals surface area contributed by atoms with Gasteiger partial charge in [-0.25, -0.2) is 5.09 Å². The molecule has 1 saturated heterocycles. The van der Waals surface area contributed by atoms with Crippen molar-refractivity contribution in [3.63, 3.8) is 0 Å². The molecule has 1 heterocycles. The van der Waals surface area contributed by atoms with Gasteiger partial charge >= 0.3 is 0 Å². The summed E-state index contributed by atoms with van der Waals surface area (Å²) >= 11 is 0. The summed E-state index contributed by atoms with van der Waals surface area (Å²) < 4.78 is 17.4. The molecule has 90 valence electrons. The summed E-state index contributed by atoms with van der Waals surface area (Å²) in [6.45, 7) is 5.43. The van der Waals surface area contributed by atoms with Gasteiger partial charge in [0.2, 0.25) is 0 Å². The van der Waals surface area contributed by atoms with E-state index in [0.717, 1.165) is 13.1 Å². The minimum atomic E-state index is -2.74. The van der Waals surface area contributed by atoms with E-state index in [-0.39, 0.29) is 17.7 Å². The van der Waals surface area contributed by atoms with E-state index in [0.29, 0.717) is 0 Å². The molecular weight excluding hydrogens is 213 g/mol. The van der Waals surface area contributed by atoms with Crippen LogP contribution >= 0.6 is 7.52 Å². The number of rotatable bonds is 4. The Bertz CT molecular complexity index is 260. The van der Waals surface area contributed by atoms with E-state index in [1.807, 2.05) is 20.9 Å². The summed E-state index contributed by atoms with van der Waals surface area (Å²) in [5.74, 6) is 0. The number of likely N-dealkylation sites (tertiary alicyclic amines) is 1. The van der Waals surface area contributed by atoms with Gasteiger partial charge < -0.3 is 15.2 Å². The molecule has 1 aliphatic heterocycles. The van der Waals surface area contributed by atoms with Gasteiger partial charge in [0, 0.05) is 37.9 Å². The van der Waals surface area contributed by atoms with Crippen molar-refractivity contribution in [3.8, 4) is 0 Å². The quantitative estimate of drug-likeness (QED) is 0.693. The Morgan fingerprint density at radius 2 is 2.13 bits per heavy atom. The molecule has 5 nitrogen and oxygen atoms in total. The highest BCUT2D eigenvalue weighted by molar-refractivity contribution is 7.57. The van der Waals surface area contributed by atoms with Gasteiger partial charge in [0.1, 0.15) is 0 Å². The van der Waals surface area contributed by atoms with Crippen LogP contribution in [0.5, 0.6) is 0 Å². The number of likely N-dealkylation sites (N-methyl/N-ethyl adjacent to an activating group) is 1. The van der Waals surface area contributed by atoms with Crippen LogP contribution in [-0.4, -0.2) is 49.9 Å². The zero-order valence-corrected chi connectivity index (χ0v) is 10.8.